The molecule has 2 aromatic rings. The highest BCUT2D eigenvalue weighted by atomic mass is 35.5. The molecular formula is C10H8ClFN4O2. The fraction of sp³-hybridized carbons (Fsp3) is 0.200. The Balaban J connectivity index is 2.32. The first-order chi connectivity index (χ1) is 8.60. The highest BCUT2D eigenvalue weighted by molar-refractivity contribution is 6.16. The van der Waals surface area contributed by atoms with E-state index in [-0.39, 0.29) is 23.7 Å². The lowest BCUT2D eigenvalue weighted by atomic mass is 10.2. The topological polar surface area (TPSA) is 73.8 Å². The molecule has 0 bridgehead atoms. The highest BCUT2D eigenvalue weighted by Crippen LogP contribution is 2.20. The van der Waals surface area contributed by atoms with Gasteiger partial charge in [0, 0.05) is 6.07 Å². The summed E-state index contributed by atoms with van der Waals surface area (Å²) >= 11 is 5.57. The second kappa shape index (κ2) is 5.09. The maximum Gasteiger partial charge on any atom is 0.274 e. The number of alkyl halides is 1. The molecule has 0 saturated carbocycles. The van der Waals surface area contributed by atoms with Crippen LogP contribution in [-0.4, -0.2) is 19.9 Å². The van der Waals surface area contributed by atoms with Crippen LogP contribution in [0, 0.1) is 15.9 Å². The molecule has 0 unspecified atom stereocenters. The van der Waals surface area contributed by atoms with Gasteiger partial charge < -0.3 is 0 Å². The number of rotatable bonds is 4. The molecule has 0 N–H and O–H groups in total. The fourth-order valence-electron chi connectivity index (χ4n) is 1.51. The van der Waals surface area contributed by atoms with E-state index >= 15 is 0 Å². The van der Waals surface area contributed by atoms with E-state index in [0.717, 1.165) is 18.2 Å². The average Bonchev–Trinajstić information content (AvgIpc) is 2.76. The summed E-state index contributed by atoms with van der Waals surface area (Å²) in [6.07, 6.45) is 1.56. The normalized spacial score (nSPS) is 10.6. The van der Waals surface area contributed by atoms with E-state index in [0.29, 0.717) is 5.69 Å². The van der Waals surface area contributed by atoms with Gasteiger partial charge in [-0.3, -0.25) is 10.1 Å². The predicted octanol–water partition coefficient (Wildman–Crippen LogP) is 2.11. The minimum atomic E-state index is -0.561. The van der Waals surface area contributed by atoms with Crippen molar-refractivity contribution >= 4 is 17.3 Å². The summed E-state index contributed by atoms with van der Waals surface area (Å²) < 4.78 is 14.5. The lowest BCUT2D eigenvalue weighted by molar-refractivity contribution is -0.385. The van der Waals surface area contributed by atoms with E-state index < -0.39 is 10.7 Å². The van der Waals surface area contributed by atoms with Gasteiger partial charge in [-0.05, 0) is 12.1 Å². The third kappa shape index (κ3) is 2.62. The summed E-state index contributed by atoms with van der Waals surface area (Å²) in [4.78, 5) is 10.2. The lowest BCUT2D eigenvalue weighted by Gasteiger charge is -2.02. The standard InChI is InChI=1S/C10H8ClFN4O2/c11-4-9-6-15(14-13-9)5-7-3-8(12)1-2-10(7)16(17)18/h1-3,6H,4-5H2. The van der Waals surface area contributed by atoms with Crippen molar-refractivity contribution < 1.29 is 9.31 Å². The van der Waals surface area contributed by atoms with Gasteiger partial charge in [0.25, 0.3) is 5.69 Å². The molecule has 6 nitrogen and oxygen atoms in total. The molecule has 8 heteroatoms. The van der Waals surface area contributed by atoms with Gasteiger partial charge in [0.2, 0.25) is 0 Å². The van der Waals surface area contributed by atoms with Crippen molar-refractivity contribution in [1.29, 1.82) is 0 Å². The molecule has 0 radical (unpaired) electrons. The molecule has 0 amide bonds. The van der Waals surface area contributed by atoms with Crippen LogP contribution in [0.15, 0.2) is 24.4 Å². The van der Waals surface area contributed by atoms with Gasteiger partial charge in [0.05, 0.1) is 34.8 Å². The molecule has 0 saturated heterocycles. The molecular weight excluding hydrogens is 263 g/mol. The second-order valence-electron chi connectivity index (χ2n) is 3.57. The van der Waals surface area contributed by atoms with Gasteiger partial charge >= 0.3 is 0 Å². The van der Waals surface area contributed by atoms with Crippen LogP contribution in [0.4, 0.5) is 10.1 Å². The minimum absolute atomic E-state index is 0.0674. The van der Waals surface area contributed by atoms with Gasteiger partial charge in [0.15, 0.2) is 0 Å². The first-order valence-electron chi connectivity index (χ1n) is 4.98. The van der Waals surface area contributed by atoms with Gasteiger partial charge in [-0.1, -0.05) is 5.21 Å². The Labute approximate surface area is 106 Å². The van der Waals surface area contributed by atoms with Crippen LogP contribution in [0.5, 0.6) is 0 Å². The number of nitro benzene ring substituents is 1. The van der Waals surface area contributed by atoms with Crippen molar-refractivity contribution in [2.45, 2.75) is 12.4 Å². The van der Waals surface area contributed by atoms with Gasteiger partial charge in [-0.25, -0.2) is 9.07 Å². The molecule has 1 aromatic carbocycles. The monoisotopic (exact) mass is 270 g/mol. The zero-order valence-electron chi connectivity index (χ0n) is 9.08. The van der Waals surface area contributed by atoms with E-state index in [9.17, 15) is 14.5 Å². The van der Waals surface area contributed by atoms with Crippen molar-refractivity contribution in [2.75, 3.05) is 0 Å². The third-order valence-corrected chi connectivity index (χ3v) is 2.57. The molecule has 94 valence electrons. The highest BCUT2D eigenvalue weighted by Gasteiger charge is 2.15. The number of benzene rings is 1. The van der Waals surface area contributed by atoms with Crippen LogP contribution in [0.2, 0.25) is 0 Å². The minimum Gasteiger partial charge on any atom is -0.258 e. The summed E-state index contributed by atoms with van der Waals surface area (Å²) in [5.41, 5.74) is 0.626. The van der Waals surface area contributed by atoms with E-state index in [1.54, 1.807) is 6.20 Å². The maximum absolute atomic E-state index is 13.1. The Bertz CT molecular complexity index is 587. The molecule has 0 spiro atoms. The summed E-state index contributed by atoms with van der Waals surface area (Å²) in [5.74, 6) is -0.334. The quantitative estimate of drug-likeness (QED) is 0.484. The van der Waals surface area contributed by atoms with Crippen LogP contribution in [0.3, 0.4) is 0 Å². The Morgan fingerprint density at radius 1 is 1.50 bits per heavy atom. The number of nitro groups is 1. The van der Waals surface area contributed by atoms with Crippen molar-refractivity contribution in [2.24, 2.45) is 0 Å². The van der Waals surface area contributed by atoms with Gasteiger partial charge in [0.1, 0.15) is 5.82 Å². The molecule has 1 aromatic heterocycles. The average molecular weight is 271 g/mol. The Hall–Kier alpha value is -2.02. The second-order valence-corrected chi connectivity index (χ2v) is 3.84. The Kier molecular flexibility index (Phi) is 3.52. The Morgan fingerprint density at radius 3 is 2.89 bits per heavy atom. The third-order valence-electron chi connectivity index (χ3n) is 2.29. The van der Waals surface area contributed by atoms with E-state index in [4.69, 9.17) is 11.6 Å². The molecule has 0 aliphatic carbocycles. The molecule has 1 heterocycles. The van der Waals surface area contributed by atoms with Gasteiger partial charge in [-0.2, -0.15) is 0 Å². The molecule has 0 aliphatic heterocycles. The van der Waals surface area contributed by atoms with E-state index in [1.165, 1.54) is 4.68 Å². The lowest BCUT2D eigenvalue weighted by Crippen LogP contribution is -2.04. The number of hydrogen-bond acceptors (Lipinski definition) is 4. The van der Waals surface area contributed by atoms with E-state index in [2.05, 4.69) is 10.3 Å². The van der Waals surface area contributed by atoms with Crippen molar-refractivity contribution in [1.82, 2.24) is 15.0 Å². The number of halogens is 2. The SMILES string of the molecule is O=[N+]([O-])c1ccc(F)cc1Cn1cc(CCl)nn1. The fourth-order valence-corrected chi connectivity index (χ4v) is 1.63. The zero-order valence-corrected chi connectivity index (χ0v) is 9.84. The van der Waals surface area contributed by atoms with Crippen LogP contribution in [0.1, 0.15) is 11.3 Å². The largest absolute Gasteiger partial charge is 0.274 e. The molecule has 0 aliphatic rings. The number of aromatic nitrogens is 3. The summed E-state index contributed by atoms with van der Waals surface area (Å²) in [5, 5.41) is 18.3. The maximum atomic E-state index is 13.1. The number of hydrogen-bond donors (Lipinski definition) is 0. The van der Waals surface area contributed by atoms with Crippen molar-refractivity contribution in [3.05, 3.63) is 51.6 Å². The van der Waals surface area contributed by atoms with Crippen LogP contribution >= 0.6 is 11.6 Å². The molecule has 0 atom stereocenters. The van der Waals surface area contributed by atoms with Crippen LogP contribution in [-0.2, 0) is 12.4 Å². The van der Waals surface area contributed by atoms with Crippen molar-refractivity contribution in [3.8, 4) is 0 Å². The molecule has 18 heavy (non-hydrogen) atoms. The molecule has 2 rings (SSSR count). The van der Waals surface area contributed by atoms with Crippen molar-refractivity contribution in [3.63, 3.8) is 0 Å². The zero-order chi connectivity index (χ0) is 13.1. The summed E-state index contributed by atoms with van der Waals surface area (Å²) in [7, 11) is 0. The van der Waals surface area contributed by atoms with Crippen LogP contribution < -0.4 is 0 Å². The van der Waals surface area contributed by atoms with E-state index in [1.807, 2.05) is 0 Å². The molecule has 0 fully saturated rings. The Morgan fingerprint density at radius 2 is 2.28 bits per heavy atom. The van der Waals surface area contributed by atoms with Gasteiger partial charge in [-0.15, -0.1) is 16.7 Å². The summed E-state index contributed by atoms with van der Waals surface area (Å²) in [6, 6.07) is 3.29. The number of nitrogens with zero attached hydrogens (tertiary/aromatic N) is 4. The predicted molar refractivity (Wildman–Crippen MR) is 61.7 cm³/mol. The van der Waals surface area contributed by atoms with Crippen LogP contribution in [0.25, 0.3) is 0 Å². The first-order valence-corrected chi connectivity index (χ1v) is 5.51. The smallest absolute Gasteiger partial charge is 0.258 e. The summed E-state index contributed by atoms with van der Waals surface area (Å²) in [6.45, 7) is 0.0674. The first kappa shape index (κ1) is 12.4.